The number of ether oxygens (including phenoxy) is 2. The molecule has 0 unspecified atom stereocenters. The Balaban J connectivity index is 1.26. The zero-order valence-electron chi connectivity index (χ0n) is 16.1. The Morgan fingerprint density at radius 2 is 2.07 bits per heavy atom. The van der Waals surface area contributed by atoms with E-state index in [0.717, 1.165) is 11.3 Å². The molecule has 0 aliphatic carbocycles. The number of nitrogens with one attached hydrogen (secondary N) is 1. The summed E-state index contributed by atoms with van der Waals surface area (Å²) in [4.78, 5) is 24.1. The highest BCUT2D eigenvalue weighted by Crippen LogP contribution is 2.36. The molecule has 0 bridgehead atoms. The van der Waals surface area contributed by atoms with Gasteiger partial charge in [0, 0.05) is 18.3 Å². The van der Waals surface area contributed by atoms with Crippen LogP contribution in [0.2, 0.25) is 0 Å². The predicted octanol–water partition coefficient (Wildman–Crippen LogP) is 2.80. The normalized spacial score (nSPS) is 16.8. The van der Waals surface area contributed by atoms with Gasteiger partial charge >= 0.3 is 0 Å². The fourth-order valence-corrected chi connectivity index (χ4v) is 4.31. The lowest BCUT2D eigenvalue weighted by molar-refractivity contribution is -0.115. The van der Waals surface area contributed by atoms with Gasteiger partial charge in [-0.05, 0) is 35.9 Å². The lowest BCUT2D eigenvalue weighted by Gasteiger charge is -2.25. The highest BCUT2D eigenvalue weighted by molar-refractivity contribution is 7.99. The highest BCUT2D eigenvalue weighted by Gasteiger charge is 2.27. The summed E-state index contributed by atoms with van der Waals surface area (Å²) in [6, 6.07) is 12.8. The molecule has 152 valence electrons. The van der Waals surface area contributed by atoms with Crippen LogP contribution in [0.15, 0.2) is 47.6 Å². The third-order valence-corrected chi connectivity index (χ3v) is 6.07. The van der Waals surface area contributed by atoms with Crippen LogP contribution in [0.4, 0.5) is 5.69 Å². The molecule has 1 atom stereocenters. The van der Waals surface area contributed by atoms with Crippen molar-refractivity contribution in [2.75, 3.05) is 17.7 Å². The minimum Gasteiger partial charge on any atom is -0.485 e. The average Bonchev–Trinajstić information content (AvgIpc) is 3.32. The summed E-state index contributed by atoms with van der Waals surface area (Å²) in [6.07, 6.45) is -0.0627. The standard InChI is InChI=1S/C21H18N4O4S/c1-25-20(18-10-28-16-4-2-3-5-17(16)29-18)23-24-21(25)30-11-15(26)12-6-7-14-13(8-12)9-19(27)22-14/h2-8,18H,9-11H2,1H3,(H,22,27)/t18-/m1/s1. The number of thioether (sulfide) groups is 1. The van der Waals surface area contributed by atoms with E-state index in [9.17, 15) is 9.59 Å². The van der Waals surface area contributed by atoms with Gasteiger partial charge in [0.1, 0.15) is 6.61 Å². The Bertz CT molecular complexity index is 1160. The summed E-state index contributed by atoms with van der Waals surface area (Å²) in [6.45, 7) is 0.342. The molecule has 2 aliphatic rings. The second kappa shape index (κ2) is 7.49. The Morgan fingerprint density at radius 1 is 1.23 bits per heavy atom. The summed E-state index contributed by atoms with van der Waals surface area (Å²) in [5, 5.41) is 11.9. The van der Waals surface area contributed by atoms with E-state index in [1.54, 1.807) is 18.2 Å². The van der Waals surface area contributed by atoms with Gasteiger partial charge in [0.25, 0.3) is 0 Å². The first-order valence-electron chi connectivity index (χ1n) is 9.45. The van der Waals surface area contributed by atoms with Crippen molar-refractivity contribution in [3.8, 4) is 11.5 Å². The van der Waals surface area contributed by atoms with Crippen molar-refractivity contribution in [1.29, 1.82) is 0 Å². The number of rotatable bonds is 5. The van der Waals surface area contributed by atoms with Crippen LogP contribution in [0.1, 0.15) is 27.8 Å². The second-order valence-corrected chi connectivity index (χ2v) is 8.02. The summed E-state index contributed by atoms with van der Waals surface area (Å²) in [5.74, 6) is 2.16. The molecular formula is C21H18N4O4S. The van der Waals surface area contributed by atoms with Crippen molar-refractivity contribution in [2.24, 2.45) is 7.05 Å². The molecule has 0 fully saturated rings. The Morgan fingerprint density at radius 3 is 2.93 bits per heavy atom. The number of amides is 1. The van der Waals surface area contributed by atoms with Crippen LogP contribution in [-0.4, -0.2) is 38.8 Å². The van der Waals surface area contributed by atoms with Crippen molar-refractivity contribution >= 4 is 29.1 Å². The van der Waals surface area contributed by atoms with Gasteiger partial charge in [-0.2, -0.15) is 0 Å². The Hall–Kier alpha value is -3.33. The van der Waals surface area contributed by atoms with Crippen LogP contribution in [0.3, 0.4) is 0 Å². The van der Waals surface area contributed by atoms with Crippen molar-refractivity contribution in [1.82, 2.24) is 14.8 Å². The fourth-order valence-electron chi connectivity index (χ4n) is 3.50. The molecule has 1 N–H and O–H groups in total. The number of fused-ring (bicyclic) bond motifs is 2. The van der Waals surface area contributed by atoms with Gasteiger partial charge in [-0.15, -0.1) is 10.2 Å². The van der Waals surface area contributed by atoms with E-state index >= 15 is 0 Å². The lowest BCUT2D eigenvalue weighted by atomic mass is 10.1. The summed E-state index contributed by atoms with van der Waals surface area (Å²) in [7, 11) is 1.85. The molecule has 3 heterocycles. The van der Waals surface area contributed by atoms with E-state index in [1.807, 2.05) is 35.9 Å². The first-order chi connectivity index (χ1) is 14.6. The van der Waals surface area contributed by atoms with Gasteiger partial charge in [-0.3, -0.25) is 9.59 Å². The number of carbonyl (C=O) groups excluding carboxylic acids is 2. The highest BCUT2D eigenvalue weighted by atomic mass is 32.2. The van der Waals surface area contributed by atoms with Gasteiger partial charge in [-0.25, -0.2) is 0 Å². The van der Waals surface area contributed by atoms with Crippen molar-refractivity contribution in [3.63, 3.8) is 0 Å². The lowest BCUT2D eigenvalue weighted by Crippen LogP contribution is -2.24. The molecule has 30 heavy (non-hydrogen) atoms. The number of Topliss-reactive ketones (excluding diaryl/α,β-unsaturated/α-hetero) is 1. The molecule has 9 heteroatoms. The van der Waals surface area contributed by atoms with Crippen LogP contribution in [-0.2, 0) is 18.3 Å². The van der Waals surface area contributed by atoms with E-state index in [-0.39, 0.29) is 23.5 Å². The number of para-hydroxylation sites is 2. The third-order valence-electron chi connectivity index (χ3n) is 5.05. The number of nitrogens with zero attached hydrogens (tertiary/aromatic N) is 3. The zero-order chi connectivity index (χ0) is 20.7. The quantitative estimate of drug-likeness (QED) is 0.499. The van der Waals surface area contributed by atoms with Gasteiger partial charge in [0.05, 0.1) is 12.2 Å². The molecule has 0 spiro atoms. The molecule has 1 amide bonds. The number of anilines is 1. The fraction of sp³-hybridized carbons (Fsp3) is 0.238. The first kappa shape index (κ1) is 18.7. The number of benzene rings is 2. The van der Waals surface area contributed by atoms with Crippen molar-refractivity contribution < 1.29 is 19.1 Å². The molecule has 0 saturated heterocycles. The van der Waals surface area contributed by atoms with E-state index in [4.69, 9.17) is 9.47 Å². The van der Waals surface area contributed by atoms with Crippen LogP contribution >= 0.6 is 11.8 Å². The largest absolute Gasteiger partial charge is 0.485 e. The topological polar surface area (TPSA) is 95.3 Å². The maximum atomic E-state index is 12.6. The number of carbonyl (C=O) groups is 2. The molecule has 0 radical (unpaired) electrons. The van der Waals surface area contributed by atoms with E-state index < -0.39 is 0 Å². The van der Waals surface area contributed by atoms with Gasteiger partial charge in [-0.1, -0.05) is 23.9 Å². The van der Waals surface area contributed by atoms with Crippen LogP contribution < -0.4 is 14.8 Å². The molecular weight excluding hydrogens is 404 g/mol. The van der Waals surface area contributed by atoms with Crippen LogP contribution in [0, 0.1) is 0 Å². The monoisotopic (exact) mass is 422 g/mol. The molecule has 1 aromatic heterocycles. The number of hydrogen-bond donors (Lipinski definition) is 1. The number of aromatic nitrogens is 3. The van der Waals surface area contributed by atoms with Crippen molar-refractivity contribution in [2.45, 2.75) is 17.7 Å². The summed E-state index contributed by atoms with van der Waals surface area (Å²) >= 11 is 1.32. The number of ketones is 1. The smallest absolute Gasteiger partial charge is 0.228 e. The second-order valence-electron chi connectivity index (χ2n) is 7.07. The van der Waals surface area contributed by atoms with Gasteiger partial charge in [0.15, 0.2) is 34.4 Å². The molecule has 8 nitrogen and oxygen atoms in total. The van der Waals surface area contributed by atoms with Crippen LogP contribution in [0.5, 0.6) is 11.5 Å². The minimum atomic E-state index is -0.371. The van der Waals surface area contributed by atoms with E-state index in [1.165, 1.54) is 11.8 Å². The Labute approximate surface area is 176 Å². The maximum Gasteiger partial charge on any atom is 0.228 e. The predicted molar refractivity (Wildman–Crippen MR) is 110 cm³/mol. The average molecular weight is 422 g/mol. The maximum absolute atomic E-state index is 12.6. The van der Waals surface area contributed by atoms with Crippen molar-refractivity contribution in [3.05, 3.63) is 59.4 Å². The van der Waals surface area contributed by atoms with Gasteiger partial charge in [0.2, 0.25) is 5.91 Å². The molecule has 2 aliphatic heterocycles. The summed E-state index contributed by atoms with van der Waals surface area (Å²) < 4.78 is 13.6. The zero-order valence-corrected chi connectivity index (χ0v) is 16.9. The molecule has 2 aromatic carbocycles. The van der Waals surface area contributed by atoms with E-state index in [0.29, 0.717) is 41.1 Å². The third kappa shape index (κ3) is 3.41. The first-order valence-corrected chi connectivity index (χ1v) is 10.4. The molecule has 0 saturated carbocycles. The SMILES string of the molecule is Cn1c(SCC(=O)c2ccc3c(c2)CC(=O)N3)nnc1[C@H]1COc2ccccc2O1. The van der Waals surface area contributed by atoms with Gasteiger partial charge < -0.3 is 19.4 Å². The van der Waals surface area contributed by atoms with E-state index in [2.05, 4.69) is 15.5 Å². The molecule has 3 aromatic rings. The van der Waals surface area contributed by atoms with Crippen LogP contribution in [0.25, 0.3) is 0 Å². The summed E-state index contributed by atoms with van der Waals surface area (Å²) in [5.41, 5.74) is 2.21. The Kier molecular flexibility index (Phi) is 4.66. The molecule has 5 rings (SSSR count). The minimum absolute atomic E-state index is 0.0297. The number of hydrogen-bond acceptors (Lipinski definition) is 7.